The zero-order valence-electron chi connectivity index (χ0n) is 11.0. The average molecular weight is 262 g/mol. The van der Waals surface area contributed by atoms with Crippen molar-refractivity contribution in [3.8, 4) is 0 Å². The Hall–Kier alpha value is -1.13. The summed E-state index contributed by atoms with van der Waals surface area (Å²) in [5, 5.41) is 11.0. The molecule has 0 aromatic rings. The first-order chi connectivity index (χ1) is 8.88. The molecule has 2 aliphatic carbocycles. The summed E-state index contributed by atoms with van der Waals surface area (Å²) in [5.41, 5.74) is 0.0557. The van der Waals surface area contributed by atoms with Crippen LogP contribution >= 0.6 is 0 Å². The van der Waals surface area contributed by atoms with Gasteiger partial charge in [0.05, 0.1) is 17.6 Å². The number of esters is 1. The predicted molar refractivity (Wildman–Crippen MR) is 67.2 cm³/mol. The van der Waals surface area contributed by atoms with E-state index in [9.17, 15) is 9.90 Å². The molecule has 2 saturated carbocycles. The molecule has 4 aliphatic rings. The third kappa shape index (κ3) is 1.20. The topological polar surface area (TPSA) is 59.1 Å². The van der Waals surface area contributed by atoms with Crippen molar-refractivity contribution < 1.29 is 19.4 Å². The largest absolute Gasteiger partial charge is 0.458 e. The van der Waals surface area contributed by atoms with E-state index in [0.717, 1.165) is 12.0 Å². The van der Waals surface area contributed by atoms with Crippen LogP contribution in [0.5, 0.6) is 0 Å². The van der Waals surface area contributed by atoms with Gasteiger partial charge in [-0.2, -0.15) is 0 Å². The highest BCUT2D eigenvalue weighted by Gasteiger charge is 2.76. The first-order valence-corrected chi connectivity index (χ1v) is 6.86. The number of aliphatic hydroxyl groups is 1. The number of rotatable bonds is 0. The summed E-state index contributed by atoms with van der Waals surface area (Å²) in [5.74, 6) is -0.547. The molecule has 0 unspecified atom stereocenters. The summed E-state index contributed by atoms with van der Waals surface area (Å²) < 4.78 is 11.3. The molecule has 4 fully saturated rings. The number of carbonyl (C=O) groups excluding carboxylic acids is 1. The second-order valence-electron chi connectivity index (χ2n) is 6.54. The molecule has 4 heteroatoms. The minimum Gasteiger partial charge on any atom is -0.458 e. The van der Waals surface area contributed by atoms with Gasteiger partial charge in [0.2, 0.25) is 0 Å². The zero-order valence-corrected chi connectivity index (χ0v) is 11.0. The summed E-state index contributed by atoms with van der Waals surface area (Å²) >= 11 is 0. The van der Waals surface area contributed by atoms with Gasteiger partial charge in [0.25, 0.3) is 0 Å². The van der Waals surface area contributed by atoms with Crippen LogP contribution in [0.15, 0.2) is 24.3 Å². The van der Waals surface area contributed by atoms with Crippen molar-refractivity contribution in [2.24, 2.45) is 11.8 Å². The van der Waals surface area contributed by atoms with E-state index in [1.807, 2.05) is 6.92 Å². The number of epoxide rings is 1. The Bertz CT molecular complexity index is 524. The van der Waals surface area contributed by atoms with E-state index in [1.54, 1.807) is 0 Å². The Morgan fingerprint density at radius 3 is 2.89 bits per heavy atom. The van der Waals surface area contributed by atoms with Gasteiger partial charge in [-0.05, 0) is 25.3 Å². The predicted octanol–water partition coefficient (Wildman–Crippen LogP) is 1.34. The van der Waals surface area contributed by atoms with Crippen LogP contribution in [0, 0.1) is 11.8 Å². The zero-order chi connectivity index (χ0) is 13.6. The molecular formula is C15H18O4. The molecule has 1 N–H and O–H groups in total. The third-order valence-electron chi connectivity index (χ3n) is 5.65. The lowest BCUT2D eigenvalue weighted by Crippen LogP contribution is -2.48. The summed E-state index contributed by atoms with van der Waals surface area (Å²) in [6.07, 6.45) is 1.80. The molecule has 0 aromatic heterocycles. The molecule has 0 bridgehead atoms. The van der Waals surface area contributed by atoms with Crippen LogP contribution in [-0.2, 0) is 14.3 Å². The molecule has 4 nitrogen and oxygen atoms in total. The molecule has 0 amide bonds. The summed E-state index contributed by atoms with van der Waals surface area (Å²) in [4.78, 5) is 11.8. The van der Waals surface area contributed by atoms with Crippen LogP contribution in [-0.4, -0.2) is 34.5 Å². The maximum atomic E-state index is 11.8. The standard InChI is InChI=1S/C15H18O4/c1-7-4-5-9-8(2)13(16)18-11(9)12-14(3)10(19-14)6-15(7,12)17/h9-12,17H,1-2,4-6H2,3H3/t9-,10+,11-,12-,14+,15+/m0/s1. The van der Waals surface area contributed by atoms with E-state index >= 15 is 0 Å². The molecular weight excluding hydrogens is 244 g/mol. The number of carbonyl (C=O) groups is 1. The summed E-state index contributed by atoms with van der Waals surface area (Å²) in [6, 6.07) is 0. The molecule has 102 valence electrons. The van der Waals surface area contributed by atoms with Crippen LogP contribution in [0.3, 0.4) is 0 Å². The van der Waals surface area contributed by atoms with E-state index in [-0.39, 0.29) is 35.6 Å². The molecule has 4 rings (SSSR count). The molecule has 6 atom stereocenters. The highest BCUT2D eigenvalue weighted by molar-refractivity contribution is 5.91. The van der Waals surface area contributed by atoms with Gasteiger partial charge in [-0.15, -0.1) is 0 Å². The van der Waals surface area contributed by atoms with Crippen molar-refractivity contribution in [2.75, 3.05) is 0 Å². The minimum atomic E-state index is -0.956. The lowest BCUT2D eigenvalue weighted by Gasteiger charge is -2.37. The van der Waals surface area contributed by atoms with Gasteiger partial charge in [-0.3, -0.25) is 0 Å². The Morgan fingerprint density at radius 1 is 1.42 bits per heavy atom. The van der Waals surface area contributed by atoms with E-state index < -0.39 is 5.60 Å². The summed E-state index contributed by atoms with van der Waals surface area (Å²) in [7, 11) is 0. The third-order valence-corrected chi connectivity index (χ3v) is 5.65. The van der Waals surface area contributed by atoms with Gasteiger partial charge in [0, 0.05) is 17.9 Å². The van der Waals surface area contributed by atoms with Gasteiger partial charge < -0.3 is 14.6 Å². The molecule has 2 heterocycles. The van der Waals surface area contributed by atoms with Crippen molar-refractivity contribution in [1.82, 2.24) is 0 Å². The highest BCUT2D eigenvalue weighted by Crippen LogP contribution is 2.64. The fourth-order valence-electron chi connectivity index (χ4n) is 4.45. The van der Waals surface area contributed by atoms with Crippen molar-refractivity contribution in [2.45, 2.75) is 49.6 Å². The van der Waals surface area contributed by atoms with Gasteiger partial charge in [-0.25, -0.2) is 4.79 Å². The van der Waals surface area contributed by atoms with Crippen molar-refractivity contribution >= 4 is 5.97 Å². The quantitative estimate of drug-likeness (QED) is 0.310. The van der Waals surface area contributed by atoms with Gasteiger partial charge in [0.15, 0.2) is 0 Å². The van der Waals surface area contributed by atoms with E-state index in [1.165, 1.54) is 0 Å². The SMILES string of the molecule is C=C1C(=O)O[C@H]2[C@H]1CCC(=C)[C@]1(O)C[C@H]3O[C@@]3(C)[C@H]21. The van der Waals surface area contributed by atoms with Crippen LogP contribution in [0.2, 0.25) is 0 Å². The average Bonchev–Trinajstić information content (AvgIpc) is 2.83. The fourth-order valence-corrected chi connectivity index (χ4v) is 4.45. The maximum Gasteiger partial charge on any atom is 0.334 e. The first-order valence-electron chi connectivity index (χ1n) is 6.86. The minimum absolute atomic E-state index is 0.0111. The molecule has 0 radical (unpaired) electrons. The van der Waals surface area contributed by atoms with Crippen molar-refractivity contribution in [3.05, 3.63) is 24.3 Å². The van der Waals surface area contributed by atoms with E-state index in [0.29, 0.717) is 18.4 Å². The normalized spacial score (nSPS) is 55.2. The van der Waals surface area contributed by atoms with Crippen LogP contribution in [0.25, 0.3) is 0 Å². The highest BCUT2D eigenvalue weighted by atomic mass is 16.6. The lowest BCUT2D eigenvalue weighted by molar-refractivity contribution is -0.148. The molecule has 19 heavy (non-hydrogen) atoms. The molecule has 0 aromatic carbocycles. The van der Waals surface area contributed by atoms with Gasteiger partial charge >= 0.3 is 5.97 Å². The number of hydrogen-bond donors (Lipinski definition) is 1. The Balaban J connectivity index is 1.83. The molecule has 2 saturated heterocycles. The first kappa shape index (κ1) is 11.7. The Labute approximate surface area is 112 Å². The molecule has 0 spiro atoms. The maximum absolute atomic E-state index is 11.8. The summed E-state index contributed by atoms with van der Waals surface area (Å²) in [6.45, 7) is 9.93. The van der Waals surface area contributed by atoms with E-state index in [4.69, 9.17) is 9.47 Å². The number of fused-ring (bicyclic) bond motifs is 5. The number of hydrogen-bond acceptors (Lipinski definition) is 4. The van der Waals surface area contributed by atoms with Crippen LogP contribution in [0.1, 0.15) is 26.2 Å². The smallest absolute Gasteiger partial charge is 0.334 e. The Kier molecular flexibility index (Phi) is 1.92. The molecule has 2 aliphatic heterocycles. The number of ether oxygens (including phenoxy) is 2. The van der Waals surface area contributed by atoms with Crippen molar-refractivity contribution in [1.29, 1.82) is 0 Å². The monoisotopic (exact) mass is 262 g/mol. The van der Waals surface area contributed by atoms with E-state index in [2.05, 4.69) is 13.2 Å². The Morgan fingerprint density at radius 2 is 2.16 bits per heavy atom. The van der Waals surface area contributed by atoms with Gasteiger partial charge in [0.1, 0.15) is 11.7 Å². The second kappa shape index (κ2) is 3.13. The van der Waals surface area contributed by atoms with Crippen LogP contribution in [0.4, 0.5) is 0 Å². The van der Waals surface area contributed by atoms with Crippen LogP contribution < -0.4 is 0 Å². The lowest BCUT2D eigenvalue weighted by atomic mass is 9.75. The van der Waals surface area contributed by atoms with Gasteiger partial charge in [-0.1, -0.05) is 13.2 Å². The van der Waals surface area contributed by atoms with Crippen molar-refractivity contribution in [3.63, 3.8) is 0 Å². The second-order valence-corrected chi connectivity index (χ2v) is 6.54. The fraction of sp³-hybridized carbons (Fsp3) is 0.667.